The summed E-state index contributed by atoms with van der Waals surface area (Å²) in [6.45, 7) is 6.00. The van der Waals surface area contributed by atoms with Crippen LogP contribution in [0.4, 0.5) is 19.0 Å². The lowest BCUT2D eigenvalue weighted by atomic mass is 10.1. The lowest BCUT2D eigenvalue weighted by Crippen LogP contribution is -2.43. The highest BCUT2D eigenvalue weighted by Gasteiger charge is 2.38. The third kappa shape index (κ3) is 3.93. The van der Waals surface area contributed by atoms with Crippen molar-refractivity contribution in [2.75, 3.05) is 24.2 Å². The van der Waals surface area contributed by atoms with Gasteiger partial charge in [0.15, 0.2) is 11.5 Å². The molecular formula is C16H23F3N6O2S. The lowest BCUT2D eigenvalue weighted by Gasteiger charge is -2.32. The highest BCUT2D eigenvalue weighted by atomic mass is 32.2. The Morgan fingerprint density at radius 2 is 1.79 bits per heavy atom. The van der Waals surface area contributed by atoms with Crippen molar-refractivity contribution in [2.24, 2.45) is 0 Å². The summed E-state index contributed by atoms with van der Waals surface area (Å²) in [7, 11) is -3.24. The number of halogens is 3. The molecule has 2 aromatic rings. The van der Waals surface area contributed by atoms with Crippen molar-refractivity contribution >= 4 is 21.5 Å². The molecule has 0 saturated carbocycles. The SMILES string of the molecule is CCCS(=O)(=O)N1CCC(Nc2nn3c(C(F)(F)F)nnc3c(C)c2C)CC1. The van der Waals surface area contributed by atoms with E-state index in [2.05, 4.69) is 20.6 Å². The predicted octanol–water partition coefficient (Wildman–Crippen LogP) is 2.38. The smallest absolute Gasteiger partial charge is 0.366 e. The van der Waals surface area contributed by atoms with Gasteiger partial charge >= 0.3 is 6.18 Å². The first-order chi connectivity index (χ1) is 13.0. The van der Waals surface area contributed by atoms with E-state index in [4.69, 9.17) is 0 Å². The number of nitrogens with zero attached hydrogens (tertiary/aromatic N) is 5. The van der Waals surface area contributed by atoms with Crippen LogP contribution < -0.4 is 5.32 Å². The van der Waals surface area contributed by atoms with Crippen LogP contribution in [0.1, 0.15) is 43.1 Å². The maximum atomic E-state index is 13.1. The minimum absolute atomic E-state index is 0.0656. The molecule has 0 aromatic carbocycles. The van der Waals surface area contributed by atoms with Gasteiger partial charge in [-0.25, -0.2) is 12.7 Å². The number of hydrogen-bond acceptors (Lipinski definition) is 6. The van der Waals surface area contributed by atoms with E-state index in [1.54, 1.807) is 13.8 Å². The van der Waals surface area contributed by atoms with Crippen LogP contribution in [0.15, 0.2) is 0 Å². The summed E-state index contributed by atoms with van der Waals surface area (Å²) in [6, 6.07) is -0.0815. The monoisotopic (exact) mass is 420 g/mol. The first-order valence-electron chi connectivity index (χ1n) is 9.08. The molecule has 156 valence electrons. The second-order valence-electron chi connectivity index (χ2n) is 6.99. The molecule has 0 aliphatic carbocycles. The van der Waals surface area contributed by atoms with Crippen molar-refractivity contribution < 1.29 is 21.6 Å². The summed E-state index contributed by atoms with van der Waals surface area (Å²) in [5.41, 5.74) is 1.31. The standard InChI is InChI=1S/C16H23F3N6O2S/c1-4-9-28(26,27)24-7-5-12(6-8-24)20-13-10(2)11(3)14-21-22-15(16(17,18)19)25(14)23-13/h12H,4-9H2,1-3H3,(H,20,23). The average Bonchev–Trinajstić information content (AvgIpc) is 3.04. The Kier molecular flexibility index (Phi) is 5.54. The van der Waals surface area contributed by atoms with Gasteiger partial charge in [0.1, 0.15) is 0 Å². The Bertz CT molecular complexity index is 965. The summed E-state index contributed by atoms with van der Waals surface area (Å²) in [6.07, 6.45) is -3.00. The third-order valence-electron chi connectivity index (χ3n) is 5.00. The van der Waals surface area contributed by atoms with Crippen molar-refractivity contribution in [3.05, 3.63) is 17.0 Å². The van der Waals surface area contributed by atoms with Crippen LogP contribution >= 0.6 is 0 Å². The van der Waals surface area contributed by atoms with E-state index in [0.717, 1.165) is 0 Å². The van der Waals surface area contributed by atoms with Crippen LogP contribution in [-0.4, -0.2) is 57.4 Å². The molecule has 3 heterocycles. The van der Waals surface area contributed by atoms with Crippen molar-refractivity contribution in [3.8, 4) is 0 Å². The molecular weight excluding hydrogens is 397 g/mol. The van der Waals surface area contributed by atoms with Gasteiger partial charge in [-0.15, -0.1) is 15.3 Å². The second-order valence-corrected chi connectivity index (χ2v) is 9.08. The lowest BCUT2D eigenvalue weighted by molar-refractivity contribution is -0.146. The largest absolute Gasteiger partial charge is 0.453 e. The Hall–Kier alpha value is -1.95. The van der Waals surface area contributed by atoms with Gasteiger partial charge in [0.25, 0.3) is 5.82 Å². The maximum absolute atomic E-state index is 13.1. The molecule has 1 N–H and O–H groups in total. The van der Waals surface area contributed by atoms with E-state index in [0.29, 0.717) is 53.8 Å². The number of piperidine rings is 1. The van der Waals surface area contributed by atoms with Crippen molar-refractivity contribution in [2.45, 2.75) is 52.3 Å². The third-order valence-corrected chi connectivity index (χ3v) is 7.07. The molecule has 0 radical (unpaired) electrons. The summed E-state index contributed by atoms with van der Waals surface area (Å²) < 4.78 is 66.0. The van der Waals surface area contributed by atoms with Gasteiger partial charge in [0.2, 0.25) is 10.0 Å². The van der Waals surface area contributed by atoms with Crippen LogP contribution in [0.3, 0.4) is 0 Å². The average molecular weight is 420 g/mol. The number of rotatable bonds is 5. The molecule has 28 heavy (non-hydrogen) atoms. The van der Waals surface area contributed by atoms with Gasteiger partial charge < -0.3 is 5.32 Å². The van der Waals surface area contributed by atoms with Crippen LogP contribution in [0.2, 0.25) is 0 Å². The first kappa shape index (κ1) is 20.8. The fourth-order valence-electron chi connectivity index (χ4n) is 3.30. The summed E-state index contributed by atoms with van der Waals surface area (Å²) in [5.74, 6) is -0.727. The molecule has 3 rings (SSSR count). The van der Waals surface area contributed by atoms with Crippen LogP contribution in [0.5, 0.6) is 0 Å². The Balaban J connectivity index is 1.81. The topological polar surface area (TPSA) is 92.5 Å². The number of sulfonamides is 1. The molecule has 2 aromatic heterocycles. The van der Waals surface area contributed by atoms with Gasteiger partial charge in [-0.3, -0.25) is 0 Å². The molecule has 0 atom stereocenters. The molecule has 1 fully saturated rings. The normalized spacial score (nSPS) is 17.4. The van der Waals surface area contributed by atoms with Gasteiger partial charge in [-0.05, 0) is 38.7 Å². The van der Waals surface area contributed by atoms with E-state index in [1.165, 1.54) is 4.31 Å². The molecule has 0 unspecified atom stereocenters. The number of alkyl halides is 3. The van der Waals surface area contributed by atoms with Crippen LogP contribution in [0, 0.1) is 13.8 Å². The Labute approximate surface area is 161 Å². The first-order valence-corrected chi connectivity index (χ1v) is 10.7. The molecule has 1 saturated heterocycles. The summed E-state index contributed by atoms with van der Waals surface area (Å²) in [5, 5.41) is 14.1. The molecule has 0 bridgehead atoms. The predicted molar refractivity (Wildman–Crippen MR) is 97.6 cm³/mol. The summed E-state index contributed by atoms with van der Waals surface area (Å²) in [4.78, 5) is 0. The quantitative estimate of drug-likeness (QED) is 0.799. The highest BCUT2D eigenvalue weighted by Crippen LogP contribution is 2.30. The Morgan fingerprint density at radius 1 is 1.14 bits per heavy atom. The van der Waals surface area contributed by atoms with E-state index in [9.17, 15) is 21.6 Å². The maximum Gasteiger partial charge on any atom is 0.453 e. The minimum atomic E-state index is -4.66. The second kappa shape index (κ2) is 7.47. The molecule has 1 aliphatic heterocycles. The van der Waals surface area contributed by atoms with Gasteiger partial charge in [-0.2, -0.15) is 17.7 Å². The van der Waals surface area contributed by atoms with E-state index in [1.807, 2.05) is 6.92 Å². The van der Waals surface area contributed by atoms with Gasteiger partial charge in [0, 0.05) is 24.7 Å². The molecule has 8 nitrogen and oxygen atoms in total. The van der Waals surface area contributed by atoms with E-state index in [-0.39, 0.29) is 17.4 Å². The number of anilines is 1. The van der Waals surface area contributed by atoms with Crippen molar-refractivity contribution in [1.82, 2.24) is 24.1 Å². The molecule has 1 aliphatic rings. The number of fused-ring (bicyclic) bond motifs is 1. The molecule has 12 heteroatoms. The van der Waals surface area contributed by atoms with Crippen LogP contribution in [0.25, 0.3) is 5.65 Å². The van der Waals surface area contributed by atoms with Gasteiger partial charge in [-0.1, -0.05) is 6.92 Å². The summed E-state index contributed by atoms with van der Waals surface area (Å²) >= 11 is 0. The highest BCUT2D eigenvalue weighted by molar-refractivity contribution is 7.89. The zero-order valence-electron chi connectivity index (χ0n) is 15.9. The van der Waals surface area contributed by atoms with Crippen molar-refractivity contribution in [3.63, 3.8) is 0 Å². The Morgan fingerprint density at radius 3 is 2.36 bits per heavy atom. The number of nitrogens with one attached hydrogen (secondary N) is 1. The molecule has 0 amide bonds. The van der Waals surface area contributed by atoms with Gasteiger partial charge in [0.05, 0.1) is 5.75 Å². The molecule has 0 spiro atoms. The van der Waals surface area contributed by atoms with E-state index >= 15 is 0 Å². The fourth-order valence-corrected chi connectivity index (χ4v) is 4.84. The number of hydrogen-bond donors (Lipinski definition) is 1. The zero-order valence-corrected chi connectivity index (χ0v) is 16.7. The number of aromatic nitrogens is 4. The number of aryl methyl sites for hydroxylation is 1. The minimum Gasteiger partial charge on any atom is -0.366 e. The fraction of sp³-hybridized carbons (Fsp3) is 0.688. The van der Waals surface area contributed by atoms with Crippen molar-refractivity contribution in [1.29, 1.82) is 0 Å². The van der Waals surface area contributed by atoms with E-state index < -0.39 is 22.0 Å². The zero-order chi connectivity index (χ0) is 20.7. The van der Waals surface area contributed by atoms with Crippen LogP contribution in [-0.2, 0) is 16.2 Å².